The Balaban J connectivity index is 2.38. The molecule has 0 spiro atoms. The third-order valence-corrected chi connectivity index (χ3v) is 4.61. The molecule has 0 saturated carbocycles. The predicted octanol–water partition coefficient (Wildman–Crippen LogP) is 2.92. The van der Waals surface area contributed by atoms with Crippen molar-refractivity contribution in [3.63, 3.8) is 0 Å². The number of nitrogens with one attached hydrogen (secondary N) is 1. The molecule has 0 radical (unpaired) electrons. The summed E-state index contributed by atoms with van der Waals surface area (Å²) >= 11 is 0. The normalized spacial score (nSPS) is 12.9. The number of hydrogen-bond donors (Lipinski definition) is 2. The van der Waals surface area contributed by atoms with Crippen molar-refractivity contribution in [3.8, 4) is 0 Å². The van der Waals surface area contributed by atoms with E-state index < -0.39 is 10.0 Å². The highest BCUT2D eigenvalue weighted by atomic mass is 32.2. The van der Waals surface area contributed by atoms with E-state index in [0.29, 0.717) is 12.0 Å². The van der Waals surface area contributed by atoms with Gasteiger partial charge in [0.15, 0.2) is 0 Å². The van der Waals surface area contributed by atoms with E-state index in [0.717, 1.165) is 5.56 Å². The molecule has 0 heterocycles. The molecule has 2 N–H and O–H groups in total. The molecule has 0 bridgehead atoms. The highest BCUT2D eigenvalue weighted by Crippen LogP contribution is 2.11. The van der Waals surface area contributed by atoms with Crippen molar-refractivity contribution in [1.29, 1.82) is 0 Å². The van der Waals surface area contributed by atoms with Crippen LogP contribution in [0.5, 0.6) is 0 Å². The Morgan fingerprint density at radius 3 is 2.25 bits per heavy atom. The predicted molar refractivity (Wildman–Crippen MR) is 94.0 cm³/mol. The van der Waals surface area contributed by atoms with E-state index in [2.05, 4.69) is 15.1 Å². The average molecular weight is 345 g/mol. The van der Waals surface area contributed by atoms with E-state index in [9.17, 15) is 8.42 Å². The fourth-order valence-corrected chi connectivity index (χ4v) is 2.86. The second-order valence-corrected chi connectivity index (χ2v) is 6.80. The van der Waals surface area contributed by atoms with Gasteiger partial charge in [-0.2, -0.15) is 18.4 Å². The Morgan fingerprint density at radius 2 is 1.71 bits per heavy atom. The summed E-state index contributed by atoms with van der Waals surface area (Å²) in [6.07, 6.45) is 0.399. The molecule has 0 aliphatic carbocycles. The topological polar surface area (TPSA) is 91.1 Å². The zero-order valence-electron chi connectivity index (χ0n) is 13.5. The Hall–Kier alpha value is -2.67. The van der Waals surface area contributed by atoms with Crippen LogP contribution in [0.1, 0.15) is 24.5 Å². The molecule has 0 aromatic heterocycles. The van der Waals surface area contributed by atoms with Crippen molar-refractivity contribution in [1.82, 2.24) is 4.83 Å². The van der Waals surface area contributed by atoms with Gasteiger partial charge in [0.25, 0.3) is 10.0 Å². The van der Waals surface area contributed by atoms with Crippen LogP contribution in [0.15, 0.2) is 69.7 Å². The molecule has 0 unspecified atom stereocenters. The quantitative estimate of drug-likeness (QED) is 0.479. The summed E-state index contributed by atoms with van der Waals surface area (Å²) in [6, 6.07) is 15.4. The highest BCUT2D eigenvalue weighted by molar-refractivity contribution is 7.89. The van der Waals surface area contributed by atoms with Gasteiger partial charge in [-0.25, -0.2) is 0 Å². The molecule has 2 rings (SSSR count). The molecule has 126 valence electrons. The summed E-state index contributed by atoms with van der Waals surface area (Å²) < 4.78 is 24.7. The van der Waals surface area contributed by atoms with Crippen LogP contribution in [-0.4, -0.2) is 25.0 Å². The van der Waals surface area contributed by atoms with Crippen molar-refractivity contribution in [2.75, 3.05) is 0 Å². The van der Waals surface area contributed by atoms with Gasteiger partial charge in [0, 0.05) is 5.56 Å². The van der Waals surface area contributed by atoms with Crippen LogP contribution in [0, 0.1) is 6.92 Å². The van der Waals surface area contributed by atoms with E-state index in [1.54, 1.807) is 43.3 Å². The summed E-state index contributed by atoms with van der Waals surface area (Å²) in [6.45, 7) is 3.67. The van der Waals surface area contributed by atoms with Gasteiger partial charge in [-0.05, 0) is 25.5 Å². The summed E-state index contributed by atoms with van der Waals surface area (Å²) in [5.41, 5.74) is 2.17. The lowest BCUT2D eigenvalue weighted by Gasteiger charge is -2.09. The van der Waals surface area contributed by atoms with E-state index in [-0.39, 0.29) is 16.3 Å². The average Bonchev–Trinajstić information content (AvgIpc) is 2.59. The Morgan fingerprint density at radius 1 is 1.08 bits per heavy atom. The molecule has 24 heavy (non-hydrogen) atoms. The minimum absolute atomic E-state index is 0.114. The highest BCUT2D eigenvalue weighted by Gasteiger charge is 2.16. The first-order chi connectivity index (χ1) is 11.5. The maximum atomic E-state index is 12.4. The van der Waals surface area contributed by atoms with Crippen molar-refractivity contribution in [2.45, 2.75) is 25.2 Å². The molecular weight excluding hydrogens is 326 g/mol. The lowest BCUT2D eigenvalue weighted by atomic mass is 10.0. The monoisotopic (exact) mass is 345 g/mol. The molecule has 7 heteroatoms. The number of hydrazone groups is 1. The number of oxime groups is 1. The summed E-state index contributed by atoms with van der Waals surface area (Å²) in [7, 11) is -3.80. The largest absolute Gasteiger partial charge is 0.411 e. The van der Waals surface area contributed by atoms with Gasteiger partial charge >= 0.3 is 0 Å². The number of rotatable bonds is 6. The molecule has 2 aromatic carbocycles. The minimum atomic E-state index is -3.80. The molecule has 0 atom stereocenters. The maximum absolute atomic E-state index is 12.4. The van der Waals surface area contributed by atoms with Crippen LogP contribution in [0.25, 0.3) is 0 Å². The van der Waals surface area contributed by atoms with Crippen molar-refractivity contribution < 1.29 is 13.6 Å². The first-order valence-electron chi connectivity index (χ1n) is 7.41. The van der Waals surface area contributed by atoms with E-state index in [1.165, 1.54) is 12.1 Å². The lowest BCUT2D eigenvalue weighted by molar-refractivity contribution is 0.319. The summed E-state index contributed by atoms with van der Waals surface area (Å²) in [5.74, 6) is 0. The molecule has 6 nitrogen and oxygen atoms in total. The smallest absolute Gasteiger partial charge is 0.276 e. The van der Waals surface area contributed by atoms with Crippen LogP contribution < -0.4 is 4.83 Å². The first kappa shape index (κ1) is 17.7. The van der Waals surface area contributed by atoms with E-state index in [1.807, 2.05) is 13.0 Å². The molecule has 2 aromatic rings. The lowest BCUT2D eigenvalue weighted by Crippen LogP contribution is -2.24. The van der Waals surface area contributed by atoms with Gasteiger partial charge in [-0.15, -0.1) is 0 Å². The third-order valence-electron chi connectivity index (χ3n) is 3.39. The minimum Gasteiger partial charge on any atom is -0.411 e. The second kappa shape index (κ2) is 7.74. The zero-order chi connectivity index (χ0) is 17.6. The maximum Gasteiger partial charge on any atom is 0.276 e. The van der Waals surface area contributed by atoms with Gasteiger partial charge in [-0.3, -0.25) is 0 Å². The van der Waals surface area contributed by atoms with Crippen LogP contribution in [0.3, 0.4) is 0 Å². The Kier molecular flexibility index (Phi) is 5.70. The SMILES string of the molecule is CCC(=N/O)/C(=N/NS(=O)(=O)c1ccc(C)cc1)c1ccccc1. The number of aryl methyl sites for hydroxylation is 1. The van der Waals surface area contributed by atoms with Gasteiger partial charge in [0.05, 0.1) is 4.90 Å². The number of sulfonamides is 1. The van der Waals surface area contributed by atoms with Gasteiger partial charge in [0.2, 0.25) is 0 Å². The third kappa shape index (κ3) is 4.20. The molecule has 0 saturated heterocycles. The number of benzene rings is 2. The fraction of sp³-hybridized carbons (Fsp3) is 0.176. The molecule has 0 fully saturated rings. The number of hydrogen-bond acceptors (Lipinski definition) is 5. The molecule has 0 aliphatic rings. The van der Waals surface area contributed by atoms with Gasteiger partial charge in [0.1, 0.15) is 11.4 Å². The Labute approximate surface area is 141 Å². The van der Waals surface area contributed by atoms with Crippen LogP contribution >= 0.6 is 0 Å². The molecular formula is C17H19N3O3S. The van der Waals surface area contributed by atoms with Crippen LogP contribution in [-0.2, 0) is 10.0 Å². The summed E-state index contributed by atoms with van der Waals surface area (Å²) in [4.78, 5) is 2.32. The van der Waals surface area contributed by atoms with Crippen molar-refractivity contribution >= 4 is 21.4 Å². The van der Waals surface area contributed by atoms with Gasteiger partial charge < -0.3 is 5.21 Å². The van der Waals surface area contributed by atoms with E-state index >= 15 is 0 Å². The van der Waals surface area contributed by atoms with Crippen molar-refractivity contribution in [3.05, 3.63) is 65.7 Å². The van der Waals surface area contributed by atoms with Crippen molar-refractivity contribution in [2.24, 2.45) is 10.3 Å². The van der Waals surface area contributed by atoms with Gasteiger partial charge in [-0.1, -0.05) is 60.1 Å². The summed E-state index contributed by atoms with van der Waals surface area (Å²) in [5, 5.41) is 16.4. The molecule has 0 amide bonds. The van der Waals surface area contributed by atoms with Crippen LogP contribution in [0.2, 0.25) is 0 Å². The second-order valence-electron chi connectivity index (χ2n) is 5.13. The standard InChI is InChI=1S/C17H19N3O3S/c1-3-16(19-21)17(14-7-5-4-6-8-14)18-20-24(22,23)15-11-9-13(2)10-12-15/h4-12,20-21H,3H2,1-2H3/b18-17+,19-16-. The first-order valence-corrected chi connectivity index (χ1v) is 8.89. The zero-order valence-corrected chi connectivity index (χ0v) is 14.3. The van der Waals surface area contributed by atoms with E-state index in [4.69, 9.17) is 5.21 Å². The molecule has 0 aliphatic heterocycles. The van der Waals surface area contributed by atoms with Crippen LogP contribution in [0.4, 0.5) is 0 Å². The fourth-order valence-electron chi connectivity index (χ4n) is 2.05. The number of nitrogens with zero attached hydrogens (tertiary/aromatic N) is 2. The Bertz CT molecular complexity index is 842.